The maximum atomic E-state index is 14.5. The van der Waals surface area contributed by atoms with Crippen LogP contribution in [0.25, 0.3) is 10.9 Å². The summed E-state index contributed by atoms with van der Waals surface area (Å²) in [7, 11) is 1.44. The van der Waals surface area contributed by atoms with Gasteiger partial charge in [0.25, 0.3) is 17.4 Å². The minimum absolute atomic E-state index is 0.0676. The summed E-state index contributed by atoms with van der Waals surface area (Å²) in [5.41, 5.74) is 3.01. The number of carbonyl (C=O) groups excluding carboxylic acids is 3. The number of aromatic nitrogens is 2. The quantitative estimate of drug-likeness (QED) is 0.120. The van der Waals surface area contributed by atoms with E-state index in [2.05, 4.69) is 5.32 Å². The molecule has 6 rings (SSSR count). The Morgan fingerprint density at radius 2 is 1.68 bits per heavy atom. The molecule has 5 aromatic rings. The van der Waals surface area contributed by atoms with E-state index in [1.165, 1.54) is 22.6 Å². The predicted molar refractivity (Wildman–Crippen MR) is 190 cm³/mol. The third-order valence-electron chi connectivity index (χ3n) is 8.46. The molecule has 0 bridgehead atoms. The molecule has 4 amide bonds. The zero-order valence-corrected chi connectivity index (χ0v) is 28.6. The first-order valence-corrected chi connectivity index (χ1v) is 16.5. The van der Waals surface area contributed by atoms with Gasteiger partial charge in [-0.25, -0.2) is 14.7 Å². The van der Waals surface area contributed by atoms with Gasteiger partial charge in [0.1, 0.15) is 23.9 Å². The summed E-state index contributed by atoms with van der Waals surface area (Å²) in [5, 5.41) is 3.43. The standard InChI is InChI=1S/C38H36ClN5O6/c1-24-14-16-31(25(2)20-24)50-19-9-18-43-35(40-29-13-8-7-12-28(29)37(43)47)34(36(46)41-30-21-27(39)15-17-32(30)49-3)44-33(45)23-42(38(44)48)22-26-10-5-4-6-11-26/h4-8,10-17,20-21,34H,9,18-19,22-23H2,1-3H3,(H,41,46). The monoisotopic (exact) mass is 693 g/mol. The van der Waals surface area contributed by atoms with Crippen LogP contribution in [0.15, 0.2) is 95.8 Å². The molecule has 256 valence electrons. The second kappa shape index (κ2) is 14.8. The Balaban J connectivity index is 1.41. The molecule has 0 radical (unpaired) electrons. The number of ether oxygens (including phenoxy) is 2. The fourth-order valence-electron chi connectivity index (χ4n) is 6.05. The van der Waals surface area contributed by atoms with E-state index in [1.54, 1.807) is 36.4 Å². The summed E-state index contributed by atoms with van der Waals surface area (Å²) < 4.78 is 12.8. The maximum Gasteiger partial charge on any atom is 0.328 e. The highest BCUT2D eigenvalue weighted by atomic mass is 35.5. The molecule has 1 aliphatic rings. The van der Waals surface area contributed by atoms with E-state index in [1.807, 2.05) is 62.4 Å². The summed E-state index contributed by atoms with van der Waals surface area (Å²) in [6.07, 6.45) is 0.360. The Morgan fingerprint density at radius 1 is 0.940 bits per heavy atom. The van der Waals surface area contributed by atoms with E-state index in [0.29, 0.717) is 28.1 Å². The van der Waals surface area contributed by atoms with Crippen LogP contribution in [0, 0.1) is 13.8 Å². The molecule has 1 N–H and O–H groups in total. The fourth-order valence-corrected chi connectivity index (χ4v) is 6.23. The molecular weight excluding hydrogens is 658 g/mol. The molecule has 0 aliphatic carbocycles. The van der Waals surface area contributed by atoms with Crippen LogP contribution in [0.5, 0.6) is 11.5 Å². The zero-order chi connectivity index (χ0) is 35.4. The second-order valence-corrected chi connectivity index (χ2v) is 12.5. The first-order valence-electron chi connectivity index (χ1n) is 16.1. The van der Waals surface area contributed by atoms with Crippen molar-refractivity contribution in [2.75, 3.05) is 25.6 Å². The van der Waals surface area contributed by atoms with Crippen molar-refractivity contribution in [3.8, 4) is 11.5 Å². The van der Waals surface area contributed by atoms with Crippen molar-refractivity contribution in [3.63, 3.8) is 0 Å². The number of halogens is 1. The minimum Gasteiger partial charge on any atom is -0.495 e. The number of hydrogen-bond donors (Lipinski definition) is 1. The van der Waals surface area contributed by atoms with E-state index in [0.717, 1.165) is 27.3 Å². The lowest BCUT2D eigenvalue weighted by atomic mass is 10.1. The number of hydrogen-bond acceptors (Lipinski definition) is 7. The first kappa shape index (κ1) is 34.2. The number of urea groups is 1. The summed E-state index contributed by atoms with van der Waals surface area (Å²) in [5.74, 6) is -0.437. The van der Waals surface area contributed by atoms with Gasteiger partial charge >= 0.3 is 6.03 Å². The van der Waals surface area contributed by atoms with E-state index < -0.39 is 29.4 Å². The molecule has 0 saturated carbocycles. The number of amides is 4. The average Bonchev–Trinajstić information content (AvgIpc) is 3.37. The molecule has 1 atom stereocenters. The van der Waals surface area contributed by atoms with Crippen LogP contribution in [0.4, 0.5) is 10.5 Å². The molecule has 1 aliphatic heterocycles. The Morgan fingerprint density at radius 3 is 2.44 bits per heavy atom. The van der Waals surface area contributed by atoms with E-state index in [9.17, 15) is 19.2 Å². The number of benzene rings is 4. The number of para-hydroxylation sites is 1. The van der Waals surface area contributed by atoms with Gasteiger partial charge in [-0.1, -0.05) is 71.8 Å². The van der Waals surface area contributed by atoms with Crippen molar-refractivity contribution in [1.82, 2.24) is 19.4 Å². The minimum atomic E-state index is -1.63. The number of imide groups is 1. The van der Waals surface area contributed by atoms with Crippen molar-refractivity contribution < 1.29 is 23.9 Å². The fraction of sp³-hybridized carbons (Fsp3) is 0.237. The van der Waals surface area contributed by atoms with E-state index in [-0.39, 0.29) is 37.8 Å². The van der Waals surface area contributed by atoms with Crippen molar-refractivity contribution >= 4 is 46.0 Å². The number of anilines is 1. The second-order valence-electron chi connectivity index (χ2n) is 12.0. The van der Waals surface area contributed by atoms with Crippen LogP contribution >= 0.6 is 11.6 Å². The van der Waals surface area contributed by atoms with Gasteiger partial charge in [-0.05, 0) is 67.8 Å². The first-order chi connectivity index (χ1) is 24.1. The van der Waals surface area contributed by atoms with Gasteiger partial charge in [-0.2, -0.15) is 0 Å². The maximum absolute atomic E-state index is 14.5. The molecule has 1 aromatic heterocycles. The molecule has 1 fully saturated rings. The third kappa shape index (κ3) is 7.18. The summed E-state index contributed by atoms with van der Waals surface area (Å²) >= 11 is 6.27. The molecule has 1 saturated heterocycles. The molecule has 1 unspecified atom stereocenters. The van der Waals surface area contributed by atoms with Crippen LogP contribution in [-0.4, -0.2) is 57.5 Å². The van der Waals surface area contributed by atoms with E-state index >= 15 is 0 Å². The summed E-state index contributed by atoms with van der Waals surface area (Å²) in [4.78, 5) is 63.5. The molecule has 0 spiro atoms. The van der Waals surface area contributed by atoms with Gasteiger partial charge in [0.15, 0.2) is 6.04 Å². The lowest BCUT2D eigenvalue weighted by Gasteiger charge is -2.28. The van der Waals surface area contributed by atoms with Gasteiger partial charge < -0.3 is 19.7 Å². The Labute approximate surface area is 294 Å². The topological polar surface area (TPSA) is 123 Å². The van der Waals surface area contributed by atoms with Crippen molar-refractivity contribution in [3.05, 3.63) is 129 Å². The van der Waals surface area contributed by atoms with Gasteiger partial charge in [-0.15, -0.1) is 0 Å². The average molecular weight is 694 g/mol. The number of nitrogens with one attached hydrogen (secondary N) is 1. The SMILES string of the molecule is COc1ccc(Cl)cc1NC(=O)C(c1nc2ccccc2c(=O)n1CCCOc1ccc(C)cc1C)N1C(=O)CN(Cc2ccccc2)C1=O. The van der Waals surface area contributed by atoms with Crippen LogP contribution in [0.2, 0.25) is 5.02 Å². The lowest BCUT2D eigenvalue weighted by molar-refractivity contribution is -0.133. The zero-order valence-electron chi connectivity index (χ0n) is 27.9. The lowest BCUT2D eigenvalue weighted by Crippen LogP contribution is -2.45. The van der Waals surface area contributed by atoms with E-state index in [4.69, 9.17) is 26.1 Å². The van der Waals surface area contributed by atoms with Crippen molar-refractivity contribution in [2.45, 2.75) is 39.4 Å². The van der Waals surface area contributed by atoms with Gasteiger partial charge in [0.05, 0.1) is 30.3 Å². The number of nitrogens with zero attached hydrogens (tertiary/aromatic N) is 4. The third-order valence-corrected chi connectivity index (χ3v) is 8.70. The predicted octanol–water partition coefficient (Wildman–Crippen LogP) is 6.29. The van der Waals surface area contributed by atoms with Crippen molar-refractivity contribution in [1.29, 1.82) is 0 Å². The van der Waals surface area contributed by atoms with Crippen LogP contribution in [0.1, 0.15) is 35.0 Å². The Kier molecular flexibility index (Phi) is 10.1. The highest BCUT2D eigenvalue weighted by Gasteiger charge is 2.46. The number of fused-ring (bicyclic) bond motifs is 1. The van der Waals surface area contributed by atoms with Crippen LogP contribution < -0.4 is 20.3 Å². The number of aryl methyl sites for hydroxylation is 2. The molecule has 12 heteroatoms. The Hall–Kier alpha value is -5.68. The van der Waals surface area contributed by atoms with Gasteiger partial charge in [-0.3, -0.25) is 19.0 Å². The largest absolute Gasteiger partial charge is 0.495 e. The normalized spacial score (nSPS) is 13.5. The van der Waals surface area contributed by atoms with Crippen molar-refractivity contribution in [2.24, 2.45) is 0 Å². The molecule has 4 aromatic carbocycles. The number of carbonyl (C=O) groups is 3. The summed E-state index contributed by atoms with van der Waals surface area (Å²) in [6, 6.07) is 24.2. The van der Waals surface area contributed by atoms with Gasteiger partial charge in [0, 0.05) is 18.1 Å². The van der Waals surface area contributed by atoms with Gasteiger partial charge in [0.2, 0.25) is 0 Å². The van der Waals surface area contributed by atoms with Crippen LogP contribution in [-0.2, 0) is 22.7 Å². The highest BCUT2D eigenvalue weighted by Crippen LogP contribution is 2.32. The molecule has 11 nitrogen and oxygen atoms in total. The summed E-state index contributed by atoms with van der Waals surface area (Å²) in [6.45, 7) is 4.19. The number of methoxy groups -OCH3 is 1. The molecular formula is C38H36ClN5O6. The number of rotatable bonds is 12. The highest BCUT2D eigenvalue weighted by molar-refractivity contribution is 6.31. The molecule has 50 heavy (non-hydrogen) atoms. The smallest absolute Gasteiger partial charge is 0.328 e. The Bertz CT molecular complexity index is 2140. The van der Waals surface area contributed by atoms with Crippen LogP contribution in [0.3, 0.4) is 0 Å². The molecule has 2 heterocycles.